The van der Waals surface area contributed by atoms with Gasteiger partial charge in [0, 0.05) is 5.38 Å². The quantitative estimate of drug-likeness (QED) is 0.914. The highest BCUT2D eigenvalue weighted by Crippen LogP contribution is 2.21. The van der Waals surface area contributed by atoms with Gasteiger partial charge in [-0.05, 0) is 17.5 Å². The summed E-state index contributed by atoms with van der Waals surface area (Å²) in [7, 11) is 0. The molecular formula is C14H15NO3S. The highest BCUT2D eigenvalue weighted by Gasteiger charge is 2.11. The summed E-state index contributed by atoms with van der Waals surface area (Å²) < 4.78 is 1.29. The number of nitrogens with zero attached hydrogens (tertiary/aromatic N) is 1. The summed E-state index contributed by atoms with van der Waals surface area (Å²) in [6.07, 6.45) is 2.10. The molecule has 0 radical (unpaired) electrons. The average Bonchev–Trinajstić information content (AvgIpc) is 2.72. The molecule has 4 nitrogen and oxygen atoms in total. The fourth-order valence-electron chi connectivity index (χ4n) is 1.97. The van der Waals surface area contributed by atoms with E-state index in [1.54, 1.807) is 5.38 Å². The Kier molecular flexibility index (Phi) is 4.16. The number of thiazole rings is 1. The zero-order valence-corrected chi connectivity index (χ0v) is 11.4. The molecule has 1 heterocycles. The predicted octanol–water partition coefficient (Wildman–Crippen LogP) is 2.61. The van der Waals surface area contributed by atoms with Crippen LogP contribution in [0.1, 0.15) is 18.9 Å². The summed E-state index contributed by atoms with van der Waals surface area (Å²) in [4.78, 5) is 22.2. The number of hydrogen-bond acceptors (Lipinski definition) is 3. The van der Waals surface area contributed by atoms with Crippen LogP contribution in [0.2, 0.25) is 0 Å². The van der Waals surface area contributed by atoms with Crippen LogP contribution >= 0.6 is 11.3 Å². The van der Waals surface area contributed by atoms with E-state index in [2.05, 4.69) is 6.92 Å². The standard InChI is InChI=1S/C14H15NO3S/c1-2-3-10-4-6-11(7-5-10)12-9-19-14(18)15(12)8-13(16)17/h4-7,9H,2-3,8H2,1H3,(H,16,17). The van der Waals surface area contributed by atoms with Gasteiger partial charge >= 0.3 is 10.8 Å². The van der Waals surface area contributed by atoms with Gasteiger partial charge in [-0.3, -0.25) is 14.2 Å². The third-order valence-electron chi connectivity index (χ3n) is 2.86. The molecule has 1 N–H and O–H groups in total. The van der Waals surface area contributed by atoms with Crippen molar-refractivity contribution in [1.82, 2.24) is 4.57 Å². The van der Waals surface area contributed by atoms with Crippen molar-refractivity contribution in [2.24, 2.45) is 0 Å². The highest BCUT2D eigenvalue weighted by molar-refractivity contribution is 7.07. The Bertz CT molecular complexity index is 625. The van der Waals surface area contributed by atoms with E-state index < -0.39 is 5.97 Å². The van der Waals surface area contributed by atoms with Crippen molar-refractivity contribution in [3.63, 3.8) is 0 Å². The molecule has 0 fully saturated rings. The van der Waals surface area contributed by atoms with Crippen LogP contribution in [0.4, 0.5) is 0 Å². The van der Waals surface area contributed by atoms with Crippen molar-refractivity contribution in [1.29, 1.82) is 0 Å². The van der Waals surface area contributed by atoms with E-state index in [4.69, 9.17) is 5.11 Å². The number of hydrogen-bond donors (Lipinski definition) is 1. The topological polar surface area (TPSA) is 59.3 Å². The Hall–Kier alpha value is -1.88. The number of carbonyl (C=O) groups is 1. The smallest absolute Gasteiger partial charge is 0.323 e. The Morgan fingerprint density at radius 3 is 2.58 bits per heavy atom. The number of carboxylic acids is 1. The van der Waals surface area contributed by atoms with E-state index in [9.17, 15) is 9.59 Å². The first-order chi connectivity index (χ1) is 9.11. The van der Waals surface area contributed by atoms with Gasteiger partial charge in [0.25, 0.3) is 0 Å². The first-order valence-electron chi connectivity index (χ1n) is 6.11. The molecule has 0 amide bonds. The molecule has 1 aromatic heterocycles. The lowest BCUT2D eigenvalue weighted by molar-refractivity contribution is -0.137. The van der Waals surface area contributed by atoms with Gasteiger partial charge in [0.15, 0.2) is 0 Å². The number of aliphatic carboxylic acids is 1. The summed E-state index contributed by atoms with van der Waals surface area (Å²) in [5, 5.41) is 10.5. The van der Waals surface area contributed by atoms with Gasteiger partial charge in [-0.1, -0.05) is 48.9 Å². The first-order valence-corrected chi connectivity index (χ1v) is 6.99. The normalized spacial score (nSPS) is 10.6. The monoisotopic (exact) mass is 277 g/mol. The van der Waals surface area contributed by atoms with Crippen LogP contribution in [0.15, 0.2) is 34.4 Å². The summed E-state index contributed by atoms with van der Waals surface area (Å²) >= 11 is 1.03. The van der Waals surface area contributed by atoms with Gasteiger partial charge in [0.05, 0.1) is 5.69 Å². The maximum atomic E-state index is 11.6. The summed E-state index contributed by atoms with van der Waals surface area (Å²) in [6, 6.07) is 7.91. The lowest BCUT2D eigenvalue weighted by Crippen LogP contribution is -2.19. The van der Waals surface area contributed by atoms with Crippen molar-refractivity contribution >= 4 is 17.3 Å². The lowest BCUT2D eigenvalue weighted by Gasteiger charge is -2.06. The maximum Gasteiger partial charge on any atom is 0.323 e. The largest absolute Gasteiger partial charge is 0.480 e. The predicted molar refractivity (Wildman–Crippen MR) is 75.6 cm³/mol. The van der Waals surface area contributed by atoms with E-state index in [1.807, 2.05) is 24.3 Å². The van der Waals surface area contributed by atoms with Crippen LogP contribution in [0.5, 0.6) is 0 Å². The highest BCUT2D eigenvalue weighted by atomic mass is 32.1. The van der Waals surface area contributed by atoms with Crippen molar-refractivity contribution in [2.45, 2.75) is 26.3 Å². The zero-order chi connectivity index (χ0) is 13.8. The van der Waals surface area contributed by atoms with Gasteiger partial charge in [0.2, 0.25) is 0 Å². The minimum Gasteiger partial charge on any atom is -0.480 e. The summed E-state index contributed by atoms with van der Waals surface area (Å²) in [5.41, 5.74) is 2.79. The molecule has 2 aromatic rings. The van der Waals surface area contributed by atoms with Crippen molar-refractivity contribution in [2.75, 3.05) is 0 Å². The third-order valence-corrected chi connectivity index (χ3v) is 3.63. The molecule has 0 atom stereocenters. The summed E-state index contributed by atoms with van der Waals surface area (Å²) in [5.74, 6) is -1.01. The fraction of sp³-hybridized carbons (Fsp3) is 0.286. The molecule has 0 aliphatic rings. The second-order valence-electron chi connectivity index (χ2n) is 4.31. The fourth-order valence-corrected chi connectivity index (χ4v) is 2.74. The van der Waals surface area contributed by atoms with E-state index >= 15 is 0 Å². The Morgan fingerprint density at radius 1 is 1.32 bits per heavy atom. The lowest BCUT2D eigenvalue weighted by atomic mass is 10.1. The first kappa shape index (κ1) is 13.5. The maximum absolute atomic E-state index is 11.6. The van der Waals surface area contributed by atoms with Gasteiger partial charge in [-0.25, -0.2) is 0 Å². The molecule has 100 valence electrons. The molecule has 1 aromatic carbocycles. The van der Waals surface area contributed by atoms with Crippen LogP contribution in [0.25, 0.3) is 11.3 Å². The van der Waals surface area contributed by atoms with Crippen LogP contribution in [-0.2, 0) is 17.8 Å². The number of rotatable bonds is 5. The molecule has 5 heteroatoms. The molecular weight excluding hydrogens is 262 g/mol. The van der Waals surface area contributed by atoms with Gasteiger partial charge in [-0.2, -0.15) is 0 Å². The number of benzene rings is 1. The van der Waals surface area contributed by atoms with Crippen LogP contribution in [-0.4, -0.2) is 15.6 Å². The van der Waals surface area contributed by atoms with Crippen molar-refractivity contribution in [3.05, 3.63) is 44.9 Å². The third kappa shape index (κ3) is 3.12. The van der Waals surface area contributed by atoms with Gasteiger partial charge in [-0.15, -0.1) is 0 Å². The Labute approximate surface area is 115 Å². The van der Waals surface area contributed by atoms with Gasteiger partial charge in [0.1, 0.15) is 6.54 Å². The van der Waals surface area contributed by atoms with Crippen LogP contribution in [0.3, 0.4) is 0 Å². The molecule has 0 spiro atoms. The van der Waals surface area contributed by atoms with E-state index in [1.165, 1.54) is 10.1 Å². The molecule has 19 heavy (non-hydrogen) atoms. The molecule has 2 rings (SSSR count). The van der Waals surface area contributed by atoms with Crippen molar-refractivity contribution in [3.8, 4) is 11.3 Å². The van der Waals surface area contributed by atoms with E-state index in [-0.39, 0.29) is 11.4 Å². The van der Waals surface area contributed by atoms with Gasteiger partial charge < -0.3 is 5.11 Å². The van der Waals surface area contributed by atoms with E-state index in [0.29, 0.717) is 5.69 Å². The SMILES string of the molecule is CCCc1ccc(-c2csc(=O)n2CC(=O)O)cc1. The Balaban J connectivity index is 2.36. The second kappa shape index (κ2) is 5.84. The number of aromatic nitrogens is 1. The molecule has 0 bridgehead atoms. The zero-order valence-electron chi connectivity index (χ0n) is 10.6. The van der Waals surface area contributed by atoms with Crippen LogP contribution < -0.4 is 4.87 Å². The number of aryl methyl sites for hydroxylation is 1. The van der Waals surface area contributed by atoms with Crippen molar-refractivity contribution < 1.29 is 9.90 Å². The molecule has 0 aliphatic carbocycles. The average molecular weight is 277 g/mol. The molecule has 0 aliphatic heterocycles. The molecule has 0 unspecified atom stereocenters. The molecule has 0 saturated carbocycles. The minimum atomic E-state index is -1.01. The molecule has 0 saturated heterocycles. The number of carboxylic acid groups (broad SMARTS) is 1. The summed E-state index contributed by atoms with van der Waals surface area (Å²) in [6.45, 7) is 1.83. The van der Waals surface area contributed by atoms with E-state index in [0.717, 1.165) is 29.7 Å². The minimum absolute atomic E-state index is 0.241. The Morgan fingerprint density at radius 2 is 2.00 bits per heavy atom. The van der Waals surface area contributed by atoms with Crippen LogP contribution in [0, 0.1) is 0 Å². The second-order valence-corrected chi connectivity index (χ2v) is 5.13.